The van der Waals surface area contributed by atoms with Gasteiger partial charge in [-0.2, -0.15) is 0 Å². The number of rotatable bonds is 10. The van der Waals surface area contributed by atoms with E-state index in [0.717, 1.165) is 27.6 Å². The maximum Gasteiger partial charge on any atom is 0.264 e. The third-order valence-electron chi connectivity index (χ3n) is 6.15. The maximum absolute atomic E-state index is 14.0. The van der Waals surface area contributed by atoms with E-state index in [1.165, 1.54) is 29.2 Å². The standard InChI is InChI=1S/C30H35ClFN3O4S/c1-6-27(29(37)33-30(3,4)5)34(19-22-9-11-23(31)12-10-22)28(36)20-35(25-15-13-24(32)14-16-25)40(38,39)26-17-7-21(2)8-18-26/h7-18,27H,6,19-20H2,1-5H3,(H,33,37)/t27-/m0/s1. The second kappa shape index (κ2) is 12.8. The van der Waals surface area contributed by atoms with Crippen LogP contribution in [0.2, 0.25) is 5.02 Å². The Bertz CT molecular complexity index is 1420. The third-order valence-corrected chi connectivity index (χ3v) is 8.19. The molecule has 0 radical (unpaired) electrons. The molecule has 2 amide bonds. The molecule has 3 rings (SSSR count). The highest BCUT2D eigenvalue weighted by Crippen LogP contribution is 2.26. The number of hydrogen-bond acceptors (Lipinski definition) is 4. The van der Waals surface area contributed by atoms with Gasteiger partial charge in [0.05, 0.1) is 10.6 Å². The summed E-state index contributed by atoms with van der Waals surface area (Å²) in [4.78, 5) is 28.7. The lowest BCUT2D eigenvalue weighted by molar-refractivity contribution is -0.141. The minimum absolute atomic E-state index is 0.0167. The minimum Gasteiger partial charge on any atom is -0.350 e. The molecule has 0 spiro atoms. The summed E-state index contributed by atoms with van der Waals surface area (Å²) in [5.74, 6) is -1.49. The molecule has 7 nitrogen and oxygen atoms in total. The SMILES string of the molecule is CC[C@@H](C(=O)NC(C)(C)C)N(Cc1ccc(Cl)cc1)C(=O)CN(c1ccc(F)cc1)S(=O)(=O)c1ccc(C)cc1. The van der Waals surface area contributed by atoms with Gasteiger partial charge in [0.2, 0.25) is 11.8 Å². The first-order valence-electron chi connectivity index (χ1n) is 12.9. The Morgan fingerprint density at radius 3 is 2.05 bits per heavy atom. The van der Waals surface area contributed by atoms with E-state index in [0.29, 0.717) is 11.4 Å². The van der Waals surface area contributed by atoms with E-state index in [2.05, 4.69) is 5.32 Å². The van der Waals surface area contributed by atoms with E-state index < -0.39 is 39.9 Å². The number of hydrogen-bond donors (Lipinski definition) is 1. The predicted molar refractivity (Wildman–Crippen MR) is 156 cm³/mol. The smallest absolute Gasteiger partial charge is 0.264 e. The van der Waals surface area contributed by atoms with Gasteiger partial charge in [-0.3, -0.25) is 13.9 Å². The molecule has 0 unspecified atom stereocenters. The van der Waals surface area contributed by atoms with Gasteiger partial charge >= 0.3 is 0 Å². The number of carbonyl (C=O) groups is 2. The molecule has 0 bridgehead atoms. The van der Waals surface area contributed by atoms with Gasteiger partial charge in [0, 0.05) is 17.1 Å². The van der Waals surface area contributed by atoms with Crippen LogP contribution in [0.1, 0.15) is 45.2 Å². The molecule has 0 fully saturated rings. The lowest BCUT2D eigenvalue weighted by atomic mass is 10.1. The van der Waals surface area contributed by atoms with Crippen molar-refractivity contribution in [3.8, 4) is 0 Å². The van der Waals surface area contributed by atoms with Crippen molar-refractivity contribution < 1.29 is 22.4 Å². The first kappa shape index (κ1) is 31.1. The third kappa shape index (κ3) is 8.05. The topological polar surface area (TPSA) is 86.8 Å². The van der Waals surface area contributed by atoms with Crippen LogP contribution in [0.5, 0.6) is 0 Å². The molecule has 40 heavy (non-hydrogen) atoms. The lowest BCUT2D eigenvalue weighted by Crippen LogP contribution is -2.55. The number of amides is 2. The van der Waals surface area contributed by atoms with Crippen LogP contribution in [-0.4, -0.2) is 43.3 Å². The normalized spacial score (nSPS) is 12.5. The highest BCUT2D eigenvalue weighted by atomic mass is 35.5. The molecule has 0 heterocycles. The fourth-order valence-electron chi connectivity index (χ4n) is 4.13. The van der Waals surface area contributed by atoms with Gasteiger partial charge in [0.15, 0.2) is 0 Å². The van der Waals surface area contributed by atoms with Crippen LogP contribution in [0.15, 0.2) is 77.7 Å². The number of nitrogens with zero attached hydrogens (tertiary/aromatic N) is 2. The van der Waals surface area contributed by atoms with E-state index in [1.807, 2.05) is 27.7 Å². The van der Waals surface area contributed by atoms with Crippen LogP contribution >= 0.6 is 11.6 Å². The van der Waals surface area contributed by atoms with Crippen molar-refractivity contribution in [3.05, 3.63) is 94.8 Å². The second-order valence-corrected chi connectivity index (χ2v) is 12.9. The van der Waals surface area contributed by atoms with E-state index in [4.69, 9.17) is 11.6 Å². The predicted octanol–water partition coefficient (Wildman–Crippen LogP) is 5.70. The van der Waals surface area contributed by atoms with Crippen LogP contribution < -0.4 is 9.62 Å². The first-order chi connectivity index (χ1) is 18.7. The highest BCUT2D eigenvalue weighted by molar-refractivity contribution is 7.92. The molecular weight excluding hydrogens is 553 g/mol. The largest absolute Gasteiger partial charge is 0.350 e. The van der Waals surface area contributed by atoms with Gasteiger partial charge in [0.1, 0.15) is 18.4 Å². The average molecular weight is 588 g/mol. The van der Waals surface area contributed by atoms with Gasteiger partial charge in [-0.1, -0.05) is 48.4 Å². The van der Waals surface area contributed by atoms with Crippen molar-refractivity contribution in [2.24, 2.45) is 0 Å². The van der Waals surface area contributed by atoms with Crippen molar-refractivity contribution in [3.63, 3.8) is 0 Å². The molecule has 214 valence electrons. The summed E-state index contributed by atoms with van der Waals surface area (Å²) in [7, 11) is -4.23. The van der Waals surface area contributed by atoms with Crippen molar-refractivity contribution in [1.82, 2.24) is 10.2 Å². The monoisotopic (exact) mass is 587 g/mol. The Morgan fingerprint density at radius 1 is 0.950 bits per heavy atom. The van der Waals surface area contributed by atoms with Crippen molar-refractivity contribution in [2.75, 3.05) is 10.8 Å². The van der Waals surface area contributed by atoms with Crippen LogP contribution in [0.3, 0.4) is 0 Å². The summed E-state index contributed by atoms with van der Waals surface area (Å²) in [6.45, 7) is 8.59. The maximum atomic E-state index is 14.0. The lowest BCUT2D eigenvalue weighted by Gasteiger charge is -2.34. The van der Waals surface area contributed by atoms with Crippen LogP contribution in [0.25, 0.3) is 0 Å². The molecule has 0 saturated heterocycles. The Labute approximate surface area is 241 Å². The summed E-state index contributed by atoms with van der Waals surface area (Å²) in [6, 6.07) is 17.1. The van der Waals surface area contributed by atoms with Gasteiger partial charge in [0.25, 0.3) is 10.0 Å². The van der Waals surface area contributed by atoms with Crippen LogP contribution in [0.4, 0.5) is 10.1 Å². The summed E-state index contributed by atoms with van der Waals surface area (Å²) >= 11 is 6.04. The van der Waals surface area contributed by atoms with E-state index >= 15 is 0 Å². The summed E-state index contributed by atoms with van der Waals surface area (Å²) < 4.78 is 42.3. The number of halogens is 2. The van der Waals surface area contributed by atoms with Gasteiger partial charge < -0.3 is 10.2 Å². The molecule has 0 aromatic heterocycles. The molecule has 1 N–H and O–H groups in total. The number of anilines is 1. The highest BCUT2D eigenvalue weighted by Gasteiger charge is 2.34. The first-order valence-corrected chi connectivity index (χ1v) is 14.7. The fourth-order valence-corrected chi connectivity index (χ4v) is 5.67. The number of carbonyl (C=O) groups excluding carboxylic acids is 2. The Kier molecular flexibility index (Phi) is 9.97. The zero-order chi connectivity index (χ0) is 29.7. The molecule has 10 heteroatoms. The van der Waals surface area contributed by atoms with Gasteiger partial charge in [-0.15, -0.1) is 0 Å². The van der Waals surface area contributed by atoms with E-state index in [-0.39, 0.29) is 23.0 Å². The number of nitrogens with one attached hydrogen (secondary N) is 1. The Morgan fingerprint density at radius 2 is 1.52 bits per heavy atom. The van der Waals surface area contributed by atoms with E-state index in [9.17, 15) is 22.4 Å². The molecular formula is C30H35ClFN3O4S. The molecule has 3 aromatic rings. The average Bonchev–Trinajstić information content (AvgIpc) is 2.88. The van der Waals surface area contributed by atoms with Crippen LogP contribution in [-0.2, 0) is 26.2 Å². The van der Waals surface area contributed by atoms with Gasteiger partial charge in [-0.25, -0.2) is 12.8 Å². The molecule has 0 aliphatic rings. The Balaban J connectivity index is 2.06. The molecule has 3 aromatic carbocycles. The van der Waals surface area contributed by atoms with E-state index in [1.54, 1.807) is 43.3 Å². The number of benzene rings is 3. The quantitative estimate of drug-likeness (QED) is 0.329. The summed E-state index contributed by atoms with van der Waals surface area (Å²) in [6.07, 6.45) is 0.294. The van der Waals surface area contributed by atoms with Crippen LogP contribution in [0, 0.1) is 12.7 Å². The molecule has 0 aliphatic heterocycles. The number of aryl methyl sites for hydroxylation is 1. The molecule has 0 saturated carbocycles. The summed E-state index contributed by atoms with van der Waals surface area (Å²) in [5, 5.41) is 3.44. The van der Waals surface area contributed by atoms with Gasteiger partial charge in [-0.05, 0) is 88.2 Å². The molecule has 1 atom stereocenters. The van der Waals surface area contributed by atoms with Crippen molar-refractivity contribution in [2.45, 2.75) is 64.1 Å². The summed E-state index contributed by atoms with van der Waals surface area (Å²) in [5.41, 5.74) is 1.16. The van der Waals surface area contributed by atoms with Crippen molar-refractivity contribution in [1.29, 1.82) is 0 Å². The second-order valence-electron chi connectivity index (χ2n) is 10.6. The Hall–Kier alpha value is -3.43. The van der Waals surface area contributed by atoms with Crippen molar-refractivity contribution >= 4 is 39.1 Å². The zero-order valence-corrected chi connectivity index (χ0v) is 24.9. The fraction of sp³-hybridized carbons (Fsp3) is 0.333. The molecule has 0 aliphatic carbocycles. The number of sulfonamides is 1. The zero-order valence-electron chi connectivity index (χ0n) is 23.3. The minimum atomic E-state index is -4.23.